The van der Waals surface area contributed by atoms with Crippen LogP contribution in [0.4, 0.5) is 0 Å². The molecule has 1 rings (SSSR count). The van der Waals surface area contributed by atoms with Crippen LogP contribution in [0.1, 0.15) is 25.5 Å². The van der Waals surface area contributed by atoms with Crippen LogP contribution in [0.3, 0.4) is 0 Å². The first-order valence-electron chi connectivity index (χ1n) is 6.05. The highest BCUT2D eigenvalue weighted by atomic mass is 16.5. The molecule has 0 bridgehead atoms. The van der Waals surface area contributed by atoms with Crippen LogP contribution in [0.25, 0.3) is 0 Å². The molecule has 18 heavy (non-hydrogen) atoms. The summed E-state index contributed by atoms with van der Waals surface area (Å²) in [5.41, 5.74) is 1.11. The first-order valence-corrected chi connectivity index (χ1v) is 6.05. The largest absolute Gasteiger partial charge is 0.383 e. The molecule has 0 spiro atoms. The minimum absolute atomic E-state index is 0.0274. The van der Waals surface area contributed by atoms with Gasteiger partial charge in [-0.15, -0.1) is 0 Å². The number of rotatable bonds is 7. The Morgan fingerprint density at radius 2 is 2.06 bits per heavy atom. The van der Waals surface area contributed by atoms with Gasteiger partial charge in [0.05, 0.1) is 13.2 Å². The Kier molecular flexibility index (Phi) is 6.32. The van der Waals surface area contributed by atoms with E-state index in [2.05, 4.69) is 15.6 Å². The van der Waals surface area contributed by atoms with Gasteiger partial charge in [0.25, 0.3) is 0 Å². The van der Waals surface area contributed by atoms with E-state index >= 15 is 0 Å². The highest BCUT2D eigenvalue weighted by molar-refractivity contribution is 5.78. The van der Waals surface area contributed by atoms with Gasteiger partial charge in [0.2, 0.25) is 5.91 Å². The van der Waals surface area contributed by atoms with E-state index in [1.165, 1.54) is 0 Å². The summed E-state index contributed by atoms with van der Waals surface area (Å²) in [6.45, 7) is 4.73. The molecule has 1 aromatic heterocycles. The molecule has 0 aliphatic rings. The molecule has 5 nitrogen and oxygen atoms in total. The molecule has 1 aromatic rings. The molecule has 0 aliphatic heterocycles. The van der Waals surface area contributed by atoms with E-state index in [0.29, 0.717) is 6.61 Å². The van der Waals surface area contributed by atoms with Gasteiger partial charge in [0.1, 0.15) is 0 Å². The number of carbonyl (C=O) groups is 1. The van der Waals surface area contributed by atoms with Crippen molar-refractivity contribution in [3.05, 3.63) is 30.1 Å². The van der Waals surface area contributed by atoms with Crippen LogP contribution in [-0.2, 0) is 9.53 Å². The van der Waals surface area contributed by atoms with E-state index in [0.717, 1.165) is 5.56 Å². The maximum Gasteiger partial charge on any atom is 0.234 e. The molecule has 2 N–H and O–H groups in total. The first-order chi connectivity index (χ1) is 8.63. The predicted octanol–water partition coefficient (Wildman–Crippen LogP) is 0.883. The standard InChI is InChI=1S/C13H21N3O2/c1-10(9-18-3)16-13(17)8-15-11(2)12-4-6-14-7-5-12/h4-7,10-11,15H,8-9H2,1-3H3,(H,16,17). The quantitative estimate of drug-likeness (QED) is 0.755. The third-order valence-corrected chi connectivity index (χ3v) is 2.60. The van der Waals surface area contributed by atoms with E-state index < -0.39 is 0 Å². The second-order valence-corrected chi connectivity index (χ2v) is 4.31. The second kappa shape index (κ2) is 7.79. The van der Waals surface area contributed by atoms with Gasteiger partial charge in [-0.2, -0.15) is 0 Å². The van der Waals surface area contributed by atoms with Gasteiger partial charge >= 0.3 is 0 Å². The molecule has 1 amide bonds. The van der Waals surface area contributed by atoms with E-state index in [9.17, 15) is 4.79 Å². The smallest absolute Gasteiger partial charge is 0.234 e. The van der Waals surface area contributed by atoms with Crippen LogP contribution in [0, 0.1) is 0 Å². The summed E-state index contributed by atoms with van der Waals surface area (Å²) in [6, 6.07) is 4.02. The molecule has 0 aromatic carbocycles. The van der Waals surface area contributed by atoms with Crippen molar-refractivity contribution in [2.45, 2.75) is 25.9 Å². The van der Waals surface area contributed by atoms with Crippen molar-refractivity contribution in [1.29, 1.82) is 0 Å². The molecule has 0 saturated carbocycles. The van der Waals surface area contributed by atoms with Crippen LogP contribution in [0.2, 0.25) is 0 Å². The lowest BCUT2D eigenvalue weighted by Crippen LogP contribution is -2.41. The number of nitrogens with zero attached hydrogens (tertiary/aromatic N) is 1. The number of methoxy groups -OCH3 is 1. The number of hydrogen-bond acceptors (Lipinski definition) is 4. The van der Waals surface area contributed by atoms with Gasteiger partial charge in [0, 0.05) is 31.6 Å². The first kappa shape index (κ1) is 14.6. The van der Waals surface area contributed by atoms with E-state index in [-0.39, 0.29) is 24.5 Å². The number of nitrogens with one attached hydrogen (secondary N) is 2. The van der Waals surface area contributed by atoms with Crippen molar-refractivity contribution in [2.24, 2.45) is 0 Å². The fourth-order valence-corrected chi connectivity index (χ4v) is 1.63. The number of amides is 1. The predicted molar refractivity (Wildman–Crippen MR) is 70.1 cm³/mol. The molecule has 0 radical (unpaired) electrons. The fourth-order valence-electron chi connectivity index (χ4n) is 1.63. The van der Waals surface area contributed by atoms with Crippen molar-refractivity contribution in [2.75, 3.05) is 20.3 Å². The number of ether oxygens (including phenoxy) is 1. The number of hydrogen-bond donors (Lipinski definition) is 2. The fraction of sp³-hybridized carbons (Fsp3) is 0.538. The average molecular weight is 251 g/mol. The Balaban J connectivity index is 2.30. The van der Waals surface area contributed by atoms with Crippen molar-refractivity contribution >= 4 is 5.91 Å². The maximum absolute atomic E-state index is 11.6. The third-order valence-electron chi connectivity index (χ3n) is 2.60. The highest BCUT2D eigenvalue weighted by Crippen LogP contribution is 2.09. The minimum atomic E-state index is -0.0274. The van der Waals surface area contributed by atoms with Crippen molar-refractivity contribution in [3.63, 3.8) is 0 Å². The monoisotopic (exact) mass is 251 g/mol. The zero-order valence-corrected chi connectivity index (χ0v) is 11.1. The average Bonchev–Trinajstić information content (AvgIpc) is 2.37. The Labute approximate surface area is 108 Å². The Morgan fingerprint density at radius 3 is 2.67 bits per heavy atom. The van der Waals surface area contributed by atoms with Gasteiger partial charge in [-0.05, 0) is 31.5 Å². The zero-order chi connectivity index (χ0) is 13.4. The molecule has 2 atom stereocenters. The van der Waals surface area contributed by atoms with Crippen LogP contribution in [-0.4, -0.2) is 37.2 Å². The van der Waals surface area contributed by atoms with Crippen LogP contribution in [0.15, 0.2) is 24.5 Å². The minimum Gasteiger partial charge on any atom is -0.383 e. The lowest BCUT2D eigenvalue weighted by molar-refractivity contribution is -0.121. The molecule has 0 aliphatic carbocycles. The normalized spacial score (nSPS) is 13.9. The summed E-state index contributed by atoms with van der Waals surface area (Å²) in [5, 5.41) is 6.01. The topological polar surface area (TPSA) is 63.2 Å². The third kappa shape index (κ3) is 5.25. The summed E-state index contributed by atoms with van der Waals surface area (Å²) in [4.78, 5) is 15.6. The molecule has 0 fully saturated rings. The number of pyridine rings is 1. The molecular formula is C13H21N3O2. The van der Waals surface area contributed by atoms with E-state index in [1.54, 1.807) is 19.5 Å². The molecule has 100 valence electrons. The van der Waals surface area contributed by atoms with E-state index in [4.69, 9.17) is 4.74 Å². The van der Waals surface area contributed by atoms with E-state index in [1.807, 2.05) is 26.0 Å². The lowest BCUT2D eigenvalue weighted by Gasteiger charge is -2.16. The summed E-state index contributed by atoms with van der Waals surface area (Å²) in [7, 11) is 1.62. The summed E-state index contributed by atoms with van der Waals surface area (Å²) in [6.07, 6.45) is 3.49. The maximum atomic E-state index is 11.6. The summed E-state index contributed by atoms with van der Waals surface area (Å²) >= 11 is 0. The Hall–Kier alpha value is -1.46. The summed E-state index contributed by atoms with van der Waals surface area (Å²) in [5.74, 6) is -0.0274. The van der Waals surface area contributed by atoms with Crippen LogP contribution < -0.4 is 10.6 Å². The van der Waals surface area contributed by atoms with Crippen LogP contribution >= 0.6 is 0 Å². The van der Waals surface area contributed by atoms with Crippen molar-refractivity contribution in [1.82, 2.24) is 15.6 Å². The Bertz CT molecular complexity index is 357. The van der Waals surface area contributed by atoms with Gasteiger partial charge in [-0.1, -0.05) is 0 Å². The highest BCUT2D eigenvalue weighted by Gasteiger charge is 2.09. The lowest BCUT2D eigenvalue weighted by atomic mass is 10.1. The Morgan fingerprint density at radius 1 is 1.39 bits per heavy atom. The van der Waals surface area contributed by atoms with Gasteiger partial charge in [0.15, 0.2) is 0 Å². The van der Waals surface area contributed by atoms with Gasteiger partial charge in [-0.3, -0.25) is 9.78 Å². The van der Waals surface area contributed by atoms with Crippen LogP contribution in [0.5, 0.6) is 0 Å². The molecule has 5 heteroatoms. The second-order valence-electron chi connectivity index (χ2n) is 4.31. The zero-order valence-electron chi connectivity index (χ0n) is 11.1. The molecule has 2 unspecified atom stereocenters. The molecule has 0 saturated heterocycles. The van der Waals surface area contributed by atoms with Gasteiger partial charge < -0.3 is 15.4 Å². The number of aromatic nitrogens is 1. The molecule has 1 heterocycles. The SMILES string of the molecule is COCC(C)NC(=O)CNC(C)c1ccncc1. The summed E-state index contributed by atoms with van der Waals surface area (Å²) < 4.78 is 4.96. The van der Waals surface area contributed by atoms with Crippen molar-refractivity contribution in [3.8, 4) is 0 Å². The number of carbonyl (C=O) groups excluding carboxylic acids is 1. The van der Waals surface area contributed by atoms with Gasteiger partial charge in [-0.25, -0.2) is 0 Å². The molecular weight excluding hydrogens is 230 g/mol. The van der Waals surface area contributed by atoms with Crippen molar-refractivity contribution < 1.29 is 9.53 Å².